The number of hydrogen-bond donors (Lipinski definition) is 1. The molecule has 0 aliphatic carbocycles. The van der Waals surface area contributed by atoms with Gasteiger partial charge in [0, 0.05) is 13.1 Å². The molecular weight excluding hydrogens is 486 g/mol. The van der Waals surface area contributed by atoms with E-state index in [2.05, 4.69) is 5.32 Å². The Morgan fingerprint density at radius 3 is 2.14 bits per heavy atom. The van der Waals surface area contributed by atoms with Crippen molar-refractivity contribution < 1.29 is 18.0 Å². The third kappa shape index (κ3) is 6.98. The molecule has 1 unspecified atom stereocenters. The van der Waals surface area contributed by atoms with E-state index >= 15 is 0 Å². The van der Waals surface area contributed by atoms with Crippen molar-refractivity contribution in [2.45, 2.75) is 51.6 Å². The van der Waals surface area contributed by atoms with Crippen LogP contribution in [0.25, 0.3) is 0 Å². The summed E-state index contributed by atoms with van der Waals surface area (Å²) in [6.45, 7) is 7.62. The Hall–Kier alpha value is -3.65. The van der Waals surface area contributed by atoms with Gasteiger partial charge in [-0.05, 0) is 56.5 Å². The molecule has 3 aromatic rings. The lowest BCUT2D eigenvalue weighted by Gasteiger charge is -2.32. The topological polar surface area (TPSA) is 86.8 Å². The molecule has 1 N–H and O–H groups in total. The number of anilines is 1. The van der Waals surface area contributed by atoms with Gasteiger partial charge in [0.1, 0.15) is 12.6 Å². The molecule has 1 atom stereocenters. The maximum Gasteiger partial charge on any atom is 0.264 e. The fraction of sp³-hybridized carbons (Fsp3) is 0.310. The van der Waals surface area contributed by atoms with E-state index in [9.17, 15) is 18.0 Å². The van der Waals surface area contributed by atoms with Crippen molar-refractivity contribution in [3.8, 4) is 0 Å². The average Bonchev–Trinajstić information content (AvgIpc) is 2.90. The molecule has 0 radical (unpaired) electrons. The van der Waals surface area contributed by atoms with Crippen molar-refractivity contribution in [2.75, 3.05) is 17.4 Å². The summed E-state index contributed by atoms with van der Waals surface area (Å²) in [5.41, 5.74) is 3.06. The zero-order valence-electron chi connectivity index (χ0n) is 21.8. The second kappa shape index (κ2) is 12.5. The first-order valence-electron chi connectivity index (χ1n) is 12.4. The predicted octanol–water partition coefficient (Wildman–Crippen LogP) is 4.44. The first-order chi connectivity index (χ1) is 17.6. The van der Waals surface area contributed by atoms with E-state index in [0.717, 1.165) is 21.9 Å². The molecular formula is C29H35N3O4S. The minimum absolute atomic E-state index is 0.0878. The highest BCUT2D eigenvalue weighted by molar-refractivity contribution is 7.92. The Bertz CT molecular complexity index is 1310. The molecule has 0 bridgehead atoms. The van der Waals surface area contributed by atoms with Gasteiger partial charge in [-0.3, -0.25) is 13.9 Å². The van der Waals surface area contributed by atoms with E-state index in [1.165, 1.54) is 17.0 Å². The summed E-state index contributed by atoms with van der Waals surface area (Å²) >= 11 is 0. The van der Waals surface area contributed by atoms with Gasteiger partial charge >= 0.3 is 0 Å². The first-order valence-corrected chi connectivity index (χ1v) is 13.8. The van der Waals surface area contributed by atoms with Gasteiger partial charge in [0.15, 0.2) is 0 Å². The van der Waals surface area contributed by atoms with Gasteiger partial charge in [0.25, 0.3) is 10.0 Å². The number of amides is 2. The monoisotopic (exact) mass is 521 g/mol. The SMILES string of the molecule is CCCNC(=O)C(C)N(Cc1ccc(C)cc1)C(=O)CN(c1ccccc1C)S(=O)(=O)c1ccccc1. The Labute approximate surface area is 220 Å². The van der Waals surface area contributed by atoms with E-state index in [1.54, 1.807) is 50.2 Å². The maximum absolute atomic E-state index is 13.8. The minimum Gasteiger partial charge on any atom is -0.354 e. The van der Waals surface area contributed by atoms with Gasteiger partial charge in [-0.25, -0.2) is 8.42 Å². The van der Waals surface area contributed by atoms with Crippen LogP contribution < -0.4 is 9.62 Å². The van der Waals surface area contributed by atoms with Crippen molar-refractivity contribution >= 4 is 27.5 Å². The first kappa shape index (κ1) is 27.9. The van der Waals surface area contributed by atoms with Crippen LogP contribution in [0.3, 0.4) is 0 Å². The number of para-hydroxylation sites is 1. The summed E-state index contributed by atoms with van der Waals surface area (Å²) in [5.74, 6) is -0.752. The predicted molar refractivity (Wildman–Crippen MR) is 147 cm³/mol. The van der Waals surface area contributed by atoms with Crippen LogP contribution in [-0.2, 0) is 26.2 Å². The third-order valence-corrected chi connectivity index (χ3v) is 7.96. The van der Waals surface area contributed by atoms with Crippen LogP contribution in [-0.4, -0.2) is 44.3 Å². The highest BCUT2D eigenvalue weighted by Gasteiger charge is 2.32. The zero-order chi connectivity index (χ0) is 27.0. The van der Waals surface area contributed by atoms with Crippen molar-refractivity contribution in [1.82, 2.24) is 10.2 Å². The quantitative estimate of drug-likeness (QED) is 0.404. The van der Waals surface area contributed by atoms with Crippen LogP contribution in [0, 0.1) is 13.8 Å². The molecule has 0 spiro atoms. The van der Waals surface area contributed by atoms with Crippen LogP contribution in [0.2, 0.25) is 0 Å². The van der Waals surface area contributed by atoms with E-state index < -0.39 is 28.5 Å². The van der Waals surface area contributed by atoms with E-state index in [-0.39, 0.29) is 17.3 Å². The number of rotatable bonds is 11. The summed E-state index contributed by atoms with van der Waals surface area (Å²) < 4.78 is 28.7. The van der Waals surface area contributed by atoms with E-state index in [1.807, 2.05) is 44.2 Å². The van der Waals surface area contributed by atoms with Gasteiger partial charge in [-0.2, -0.15) is 0 Å². The summed E-state index contributed by atoms with van der Waals surface area (Å²) in [7, 11) is -4.06. The molecule has 37 heavy (non-hydrogen) atoms. The van der Waals surface area contributed by atoms with E-state index in [4.69, 9.17) is 0 Å². The molecule has 0 fully saturated rings. The number of aryl methyl sites for hydroxylation is 2. The molecule has 8 heteroatoms. The van der Waals surface area contributed by atoms with Crippen LogP contribution in [0.15, 0.2) is 83.8 Å². The average molecular weight is 522 g/mol. The number of nitrogens with one attached hydrogen (secondary N) is 1. The Morgan fingerprint density at radius 2 is 1.51 bits per heavy atom. The van der Waals surface area contributed by atoms with Gasteiger partial charge < -0.3 is 10.2 Å². The lowest BCUT2D eigenvalue weighted by molar-refractivity contribution is -0.139. The van der Waals surface area contributed by atoms with Crippen LogP contribution in [0.4, 0.5) is 5.69 Å². The molecule has 196 valence electrons. The van der Waals surface area contributed by atoms with Crippen molar-refractivity contribution in [2.24, 2.45) is 0 Å². The fourth-order valence-corrected chi connectivity index (χ4v) is 5.44. The minimum atomic E-state index is -4.06. The van der Waals surface area contributed by atoms with Gasteiger partial charge in [-0.1, -0.05) is 73.2 Å². The summed E-state index contributed by atoms with van der Waals surface area (Å²) in [6, 6.07) is 22.0. The molecule has 0 aliphatic rings. The van der Waals surface area contributed by atoms with Crippen LogP contribution >= 0.6 is 0 Å². The maximum atomic E-state index is 13.8. The highest BCUT2D eigenvalue weighted by Crippen LogP contribution is 2.27. The molecule has 7 nitrogen and oxygen atoms in total. The normalized spacial score (nSPS) is 12.0. The number of carbonyl (C=O) groups excluding carboxylic acids is 2. The molecule has 0 aromatic heterocycles. The smallest absolute Gasteiger partial charge is 0.264 e. The second-order valence-electron chi connectivity index (χ2n) is 9.09. The summed E-state index contributed by atoms with van der Waals surface area (Å²) in [5, 5.41) is 2.85. The molecule has 0 heterocycles. The van der Waals surface area contributed by atoms with Gasteiger partial charge in [0.05, 0.1) is 10.6 Å². The van der Waals surface area contributed by atoms with Crippen molar-refractivity contribution in [3.63, 3.8) is 0 Å². The van der Waals surface area contributed by atoms with Crippen LogP contribution in [0.5, 0.6) is 0 Å². The third-order valence-electron chi connectivity index (χ3n) is 6.18. The highest BCUT2D eigenvalue weighted by atomic mass is 32.2. The van der Waals surface area contributed by atoms with Crippen molar-refractivity contribution in [1.29, 1.82) is 0 Å². The number of benzene rings is 3. The Morgan fingerprint density at radius 1 is 0.892 bits per heavy atom. The molecule has 3 aromatic carbocycles. The second-order valence-corrected chi connectivity index (χ2v) is 10.9. The summed E-state index contributed by atoms with van der Waals surface area (Å²) in [6.07, 6.45) is 0.765. The molecule has 2 amide bonds. The number of nitrogens with zero attached hydrogens (tertiary/aromatic N) is 2. The summed E-state index contributed by atoms with van der Waals surface area (Å²) in [4.78, 5) is 28.3. The number of carbonyl (C=O) groups is 2. The number of sulfonamides is 1. The van der Waals surface area contributed by atoms with Gasteiger partial charge in [0.2, 0.25) is 11.8 Å². The molecule has 3 rings (SSSR count). The van der Waals surface area contributed by atoms with Gasteiger partial charge in [-0.15, -0.1) is 0 Å². The molecule has 0 aliphatic heterocycles. The Balaban J connectivity index is 2.01. The lowest BCUT2D eigenvalue weighted by atomic mass is 10.1. The lowest BCUT2D eigenvalue weighted by Crippen LogP contribution is -2.51. The van der Waals surface area contributed by atoms with E-state index in [0.29, 0.717) is 17.8 Å². The number of hydrogen-bond acceptors (Lipinski definition) is 4. The van der Waals surface area contributed by atoms with Crippen molar-refractivity contribution in [3.05, 3.63) is 95.6 Å². The molecule has 0 saturated carbocycles. The standard InChI is InChI=1S/C29H35N3O4S/c1-5-19-30-29(34)24(4)31(20-25-17-15-22(2)16-18-25)28(33)21-32(27-14-10-9-11-23(27)3)37(35,36)26-12-7-6-8-13-26/h6-18,24H,5,19-21H2,1-4H3,(H,30,34). The zero-order valence-corrected chi connectivity index (χ0v) is 22.7. The van der Waals surface area contributed by atoms with Crippen LogP contribution in [0.1, 0.15) is 37.0 Å². The Kier molecular flexibility index (Phi) is 9.47. The fourth-order valence-electron chi connectivity index (χ4n) is 3.94. The largest absolute Gasteiger partial charge is 0.354 e. The molecule has 0 saturated heterocycles.